The van der Waals surface area contributed by atoms with Crippen LogP contribution in [0, 0.1) is 5.82 Å². The molecule has 0 radical (unpaired) electrons. The second-order valence-electron chi connectivity index (χ2n) is 3.64. The normalized spacial score (nSPS) is 10.6. The molecule has 0 saturated heterocycles. The van der Waals surface area contributed by atoms with Crippen LogP contribution in [0.1, 0.15) is 31.1 Å². The van der Waals surface area contributed by atoms with E-state index in [9.17, 15) is 9.18 Å². The quantitative estimate of drug-likeness (QED) is 0.821. The number of hydrogen-bond acceptors (Lipinski definition) is 2. The van der Waals surface area contributed by atoms with Gasteiger partial charge in [-0.05, 0) is 19.1 Å². The molecule has 0 aromatic heterocycles. The van der Waals surface area contributed by atoms with Crippen molar-refractivity contribution in [3.8, 4) is 0 Å². The summed E-state index contributed by atoms with van der Waals surface area (Å²) < 4.78 is 13.6. The summed E-state index contributed by atoms with van der Waals surface area (Å²) in [6.07, 6.45) is 0. The SMILES string of the molecule is CCNC(=O)c1c(F)cccc1SC(C)C. The van der Waals surface area contributed by atoms with Crippen LogP contribution in [0.2, 0.25) is 0 Å². The highest BCUT2D eigenvalue weighted by atomic mass is 32.2. The lowest BCUT2D eigenvalue weighted by atomic mass is 10.2. The zero-order chi connectivity index (χ0) is 12.1. The fourth-order valence-corrected chi connectivity index (χ4v) is 2.30. The van der Waals surface area contributed by atoms with Gasteiger partial charge in [-0.15, -0.1) is 11.8 Å². The molecule has 0 bridgehead atoms. The lowest BCUT2D eigenvalue weighted by Crippen LogP contribution is -2.24. The molecule has 0 aliphatic carbocycles. The van der Waals surface area contributed by atoms with E-state index in [2.05, 4.69) is 5.32 Å². The summed E-state index contributed by atoms with van der Waals surface area (Å²) in [6, 6.07) is 4.72. The van der Waals surface area contributed by atoms with Gasteiger partial charge in [0.05, 0.1) is 5.56 Å². The van der Waals surface area contributed by atoms with Crippen LogP contribution in [0.5, 0.6) is 0 Å². The molecule has 0 atom stereocenters. The number of benzene rings is 1. The Kier molecular flexibility index (Phi) is 4.80. The van der Waals surface area contributed by atoms with Crippen LogP contribution in [-0.4, -0.2) is 17.7 Å². The Labute approximate surface area is 99.6 Å². The average molecular weight is 241 g/mol. The largest absolute Gasteiger partial charge is 0.352 e. The first-order valence-electron chi connectivity index (χ1n) is 5.29. The van der Waals surface area contributed by atoms with E-state index in [4.69, 9.17) is 0 Å². The highest BCUT2D eigenvalue weighted by Crippen LogP contribution is 2.28. The van der Waals surface area contributed by atoms with Gasteiger partial charge in [-0.1, -0.05) is 19.9 Å². The van der Waals surface area contributed by atoms with Crippen LogP contribution in [0.4, 0.5) is 4.39 Å². The second kappa shape index (κ2) is 5.89. The molecule has 1 N–H and O–H groups in total. The zero-order valence-corrected chi connectivity index (χ0v) is 10.5. The van der Waals surface area contributed by atoms with Crippen molar-refractivity contribution in [2.75, 3.05) is 6.54 Å². The topological polar surface area (TPSA) is 29.1 Å². The Morgan fingerprint density at radius 1 is 1.50 bits per heavy atom. The van der Waals surface area contributed by atoms with E-state index in [1.54, 1.807) is 12.1 Å². The van der Waals surface area contributed by atoms with Gasteiger partial charge >= 0.3 is 0 Å². The molecule has 88 valence electrons. The lowest BCUT2D eigenvalue weighted by molar-refractivity contribution is 0.0948. The summed E-state index contributed by atoms with van der Waals surface area (Å²) in [5, 5.41) is 2.94. The molecule has 0 fully saturated rings. The molecule has 1 amide bonds. The number of halogens is 1. The molecule has 0 aliphatic rings. The van der Waals surface area contributed by atoms with Crippen LogP contribution in [0.3, 0.4) is 0 Å². The minimum Gasteiger partial charge on any atom is -0.352 e. The van der Waals surface area contributed by atoms with Gasteiger partial charge in [0.1, 0.15) is 5.82 Å². The maximum Gasteiger partial charge on any atom is 0.255 e. The van der Waals surface area contributed by atoms with Crippen molar-refractivity contribution in [2.24, 2.45) is 0 Å². The summed E-state index contributed by atoms with van der Waals surface area (Å²) in [5.74, 6) is -0.805. The van der Waals surface area contributed by atoms with Gasteiger partial charge in [-0.2, -0.15) is 0 Å². The van der Waals surface area contributed by atoms with Gasteiger partial charge in [0.15, 0.2) is 0 Å². The zero-order valence-electron chi connectivity index (χ0n) is 9.71. The molecule has 0 unspecified atom stereocenters. The number of nitrogens with one attached hydrogen (secondary N) is 1. The van der Waals surface area contributed by atoms with Gasteiger partial charge < -0.3 is 5.32 Å². The highest BCUT2D eigenvalue weighted by molar-refractivity contribution is 8.00. The summed E-state index contributed by atoms with van der Waals surface area (Å²) in [6.45, 7) is 6.33. The third-order valence-corrected chi connectivity index (χ3v) is 2.97. The molecule has 0 heterocycles. The van der Waals surface area contributed by atoms with Gasteiger partial charge in [-0.25, -0.2) is 4.39 Å². The average Bonchev–Trinajstić information content (AvgIpc) is 2.16. The van der Waals surface area contributed by atoms with E-state index >= 15 is 0 Å². The van der Waals surface area contributed by atoms with Crippen LogP contribution >= 0.6 is 11.8 Å². The Balaban J connectivity index is 3.07. The van der Waals surface area contributed by atoms with Crippen molar-refractivity contribution in [2.45, 2.75) is 30.9 Å². The molecule has 4 heteroatoms. The standard InChI is InChI=1S/C12H16FNOS/c1-4-14-12(15)11-9(13)6-5-7-10(11)16-8(2)3/h5-8H,4H2,1-3H3,(H,14,15). The Morgan fingerprint density at radius 2 is 2.19 bits per heavy atom. The van der Waals surface area contributed by atoms with Crippen molar-refractivity contribution < 1.29 is 9.18 Å². The van der Waals surface area contributed by atoms with E-state index in [0.717, 1.165) is 0 Å². The fraction of sp³-hybridized carbons (Fsp3) is 0.417. The number of amides is 1. The maximum atomic E-state index is 13.6. The molecule has 1 aromatic carbocycles. The Morgan fingerprint density at radius 3 is 2.75 bits per heavy atom. The van der Waals surface area contributed by atoms with Gasteiger partial charge in [0.2, 0.25) is 0 Å². The van der Waals surface area contributed by atoms with Crippen molar-refractivity contribution in [3.05, 3.63) is 29.6 Å². The van der Waals surface area contributed by atoms with E-state index in [-0.39, 0.29) is 11.5 Å². The van der Waals surface area contributed by atoms with E-state index in [0.29, 0.717) is 16.7 Å². The monoisotopic (exact) mass is 241 g/mol. The van der Waals surface area contributed by atoms with Gasteiger partial charge in [0, 0.05) is 16.7 Å². The first-order valence-corrected chi connectivity index (χ1v) is 6.17. The number of hydrogen-bond donors (Lipinski definition) is 1. The van der Waals surface area contributed by atoms with Crippen molar-refractivity contribution in [3.63, 3.8) is 0 Å². The fourth-order valence-electron chi connectivity index (χ4n) is 1.33. The van der Waals surface area contributed by atoms with Gasteiger partial charge in [0.25, 0.3) is 5.91 Å². The summed E-state index contributed by atoms with van der Waals surface area (Å²) in [7, 11) is 0. The molecular formula is C12H16FNOS. The predicted octanol–water partition coefficient (Wildman–Crippen LogP) is 3.08. The number of carbonyl (C=O) groups excluding carboxylic acids is 1. The lowest BCUT2D eigenvalue weighted by Gasteiger charge is -2.11. The van der Waals surface area contributed by atoms with Gasteiger partial charge in [-0.3, -0.25) is 4.79 Å². The Hall–Kier alpha value is -1.03. The summed E-state index contributed by atoms with van der Waals surface area (Å²) >= 11 is 1.49. The first kappa shape index (κ1) is 13.0. The third-order valence-electron chi connectivity index (χ3n) is 1.90. The molecule has 0 aliphatic heterocycles. The number of rotatable bonds is 4. The molecule has 16 heavy (non-hydrogen) atoms. The molecule has 0 saturated carbocycles. The summed E-state index contributed by atoms with van der Waals surface area (Å²) in [4.78, 5) is 12.4. The molecule has 1 aromatic rings. The molecular weight excluding hydrogens is 225 g/mol. The van der Waals surface area contributed by atoms with Crippen molar-refractivity contribution in [1.29, 1.82) is 0 Å². The maximum absolute atomic E-state index is 13.6. The highest BCUT2D eigenvalue weighted by Gasteiger charge is 2.16. The van der Waals surface area contributed by atoms with E-state index < -0.39 is 5.82 Å². The summed E-state index contributed by atoms with van der Waals surface area (Å²) in [5.41, 5.74) is 0.156. The minimum atomic E-state index is -0.461. The van der Waals surface area contributed by atoms with Crippen LogP contribution in [0.15, 0.2) is 23.1 Å². The third kappa shape index (κ3) is 3.23. The predicted molar refractivity (Wildman–Crippen MR) is 65.4 cm³/mol. The van der Waals surface area contributed by atoms with E-state index in [1.165, 1.54) is 17.8 Å². The minimum absolute atomic E-state index is 0.156. The van der Waals surface area contributed by atoms with Crippen LogP contribution < -0.4 is 5.32 Å². The number of carbonyl (C=O) groups is 1. The molecule has 1 rings (SSSR count). The molecule has 2 nitrogen and oxygen atoms in total. The van der Waals surface area contributed by atoms with E-state index in [1.807, 2.05) is 20.8 Å². The van der Waals surface area contributed by atoms with Crippen molar-refractivity contribution >= 4 is 17.7 Å². The Bertz CT molecular complexity index is 379. The first-order chi connectivity index (χ1) is 7.56. The second-order valence-corrected chi connectivity index (χ2v) is 5.26. The van der Waals surface area contributed by atoms with Crippen molar-refractivity contribution in [1.82, 2.24) is 5.32 Å². The smallest absolute Gasteiger partial charge is 0.255 e. The van der Waals surface area contributed by atoms with Crippen LogP contribution in [0.25, 0.3) is 0 Å². The molecule has 0 spiro atoms. The number of thioether (sulfide) groups is 1. The van der Waals surface area contributed by atoms with Crippen LogP contribution in [-0.2, 0) is 0 Å².